The maximum Gasteiger partial charge on any atom is 0.303 e. The fraction of sp³-hybridized carbons (Fsp3) is 0.700. The number of hydrogen-bond donors (Lipinski definition) is 3. The summed E-state index contributed by atoms with van der Waals surface area (Å²) < 4.78 is 0. The molecular weight excluding hydrogens is 212 g/mol. The van der Waals surface area contributed by atoms with Crippen molar-refractivity contribution in [2.75, 3.05) is 13.1 Å². The molecule has 0 aromatic rings. The molecule has 0 saturated carbocycles. The van der Waals surface area contributed by atoms with Crippen LogP contribution in [0.4, 0.5) is 0 Å². The van der Waals surface area contributed by atoms with Crippen LogP contribution in [0.3, 0.4) is 0 Å². The molecule has 1 aliphatic rings. The Labute approximate surface area is 93.4 Å². The molecule has 6 nitrogen and oxygen atoms in total. The summed E-state index contributed by atoms with van der Waals surface area (Å²) >= 11 is 0. The summed E-state index contributed by atoms with van der Waals surface area (Å²) in [5.41, 5.74) is 0. The van der Waals surface area contributed by atoms with Gasteiger partial charge in [0.25, 0.3) is 0 Å². The van der Waals surface area contributed by atoms with Gasteiger partial charge in [-0.3, -0.25) is 14.4 Å². The molecule has 2 amide bonds. The van der Waals surface area contributed by atoms with E-state index in [1.54, 1.807) is 0 Å². The fourth-order valence-electron chi connectivity index (χ4n) is 1.55. The van der Waals surface area contributed by atoms with E-state index < -0.39 is 5.97 Å². The van der Waals surface area contributed by atoms with Crippen molar-refractivity contribution in [3.8, 4) is 0 Å². The second-order valence-electron chi connectivity index (χ2n) is 3.85. The number of carboxylic acids is 1. The van der Waals surface area contributed by atoms with Gasteiger partial charge in [0.15, 0.2) is 0 Å². The van der Waals surface area contributed by atoms with Gasteiger partial charge < -0.3 is 15.7 Å². The van der Waals surface area contributed by atoms with E-state index in [2.05, 4.69) is 10.6 Å². The Morgan fingerprint density at radius 2 is 2.19 bits per heavy atom. The zero-order valence-corrected chi connectivity index (χ0v) is 8.99. The summed E-state index contributed by atoms with van der Waals surface area (Å²) in [4.78, 5) is 32.5. The van der Waals surface area contributed by atoms with Crippen LogP contribution in [-0.4, -0.2) is 36.0 Å². The largest absolute Gasteiger partial charge is 0.481 e. The molecule has 16 heavy (non-hydrogen) atoms. The second kappa shape index (κ2) is 6.09. The van der Waals surface area contributed by atoms with Gasteiger partial charge in [0.2, 0.25) is 11.8 Å². The van der Waals surface area contributed by atoms with Crippen LogP contribution >= 0.6 is 0 Å². The Morgan fingerprint density at radius 3 is 2.75 bits per heavy atom. The monoisotopic (exact) mass is 228 g/mol. The van der Waals surface area contributed by atoms with Gasteiger partial charge in [-0.05, 0) is 12.8 Å². The highest BCUT2D eigenvalue weighted by atomic mass is 16.4. The zero-order valence-electron chi connectivity index (χ0n) is 8.99. The molecule has 1 aliphatic heterocycles. The molecule has 3 N–H and O–H groups in total. The Bertz CT molecular complexity index is 291. The average Bonchev–Trinajstić information content (AvgIpc) is 2.63. The predicted octanol–water partition coefficient (Wildman–Crippen LogP) is -0.506. The van der Waals surface area contributed by atoms with Gasteiger partial charge in [0.1, 0.15) is 0 Å². The van der Waals surface area contributed by atoms with Gasteiger partial charge >= 0.3 is 5.97 Å². The summed E-state index contributed by atoms with van der Waals surface area (Å²) in [6, 6.07) is 0. The van der Waals surface area contributed by atoms with Crippen LogP contribution in [0.25, 0.3) is 0 Å². The Balaban J connectivity index is 2.06. The third-order valence-corrected chi connectivity index (χ3v) is 2.46. The first-order valence-corrected chi connectivity index (χ1v) is 5.36. The molecule has 1 unspecified atom stereocenters. The topological polar surface area (TPSA) is 95.5 Å². The minimum atomic E-state index is -0.822. The third kappa shape index (κ3) is 4.29. The summed E-state index contributed by atoms with van der Waals surface area (Å²) in [5.74, 6) is -1.32. The molecule has 0 bridgehead atoms. The lowest BCUT2D eigenvalue weighted by Crippen LogP contribution is -2.32. The first kappa shape index (κ1) is 12.5. The van der Waals surface area contributed by atoms with Gasteiger partial charge in [0, 0.05) is 25.9 Å². The fourth-order valence-corrected chi connectivity index (χ4v) is 1.55. The highest BCUT2D eigenvalue weighted by Gasteiger charge is 2.27. The number of carbonyl (C=O) groups excluding carboxylic acids is 2. The molecule has 1 atom stereocenters. The molecule has 1 heterocycles. The van der Waals surface area contributed by atoms with E-state index in [0.29, 0.717) is 25.9 Å². The van der Waals surface area contributed by atoms with E-state index in [1.807, 2.05) is 0 Å². The van der Waals surface area contributed by atoms with Crippen LogP contribution in [0.15, 0.2) is 0 Å². The lowest BCUT2D eigenvalue weighted by Gasteiger charge is -2.08. The van der Waals surface area contributed by atoms with Crippen molar-refractivity contribution in [2.24, 2.45) is 5.92 Å². The maximum absolute atomic E-state index is 11.5. The van der Waals surface area contributed by atoms with Crippen molar-refractivity contribution in [3.05, 3.63) is 0 Å². The van der Waals surface area contributed by atoms with Crippen molar-refractivity contribution in [3.63, 3.8) is 0 Å². The molecule has 0 aromatic carbocycles. The lowest BCUT2D eigenvalue weighted by molar-refractivity contribution is -0.137. The number of hydrogen-bond acceptors (Lipinski definition) is 3. The number of amides is 2. The van der Waals surface area contributed by atoms with Crippen LogP contribution in [0.2, 0.25) is 0 Å². The van der Waals surface area contributed by atoms with Crippen molar-refractivity contribution < 1.29 is 19.5 Å². The smallest absolute Gasteiger partial charge is 0.303 e. The Kier molecular flexibility index (Phi) is 4.75. The van der Waals surface area contributed by atoms with E-state index in [4.69, 9.17) is 5.11 Å². The standard InChI is InChI=1S/C10H16N2O4/c13-8-5-7(6-12-8)10(16)11-4-2-1-3-9(14)15/h7H,1-6H2,(H,11,16)(H,12,13)(H,14,15). The number of nitrogens with one attached hydrogen (secondary N) is 2. The predicted molar refractivity (Wildman–Crippen MR) is 55.6 cm³/mol. The molecule has 1 rings (SSSR count). The molecule has 0 radical (unpaired) electrons. The number of carbonyl (C=O) groups is 3. The molecule has 90 valence electrons. The van der Waals surface area contributed by atoms with Crippen LogP contribution in [-0.2, 0) is 14.4 Å². The van der Waals surface area contributed by atoms with Crippen molar-refractivity contribution in [2.45, 2.75) is 25.7 Å². The Morgan fingerprint density at radius 1 is 1.44 bits per heavy atom. The first-order chi connectivity index (χ1) is 7.59. The lowest BCUT2D eigenvalue weighted by atomic mass is 10.1. The summed E-state index contributed by atoms with van der Waals surface area (Å²) in [5, 5.41) is 13.7. The highest BCUT2D eigenvalue weighted by molar-refractivity contribution is 5.89. The van der Waals surface area contributed by atoms with E-state index in [-0.39, 0.29) is 30.6 Å². The van der Waals surface area contributed by atoms with Crippen molar-refractivity contribution in [1.82, 2.24) is 10.6 Å². The summed E-state index contributed by atoms with van der Waals surface area (Å²) in [6.45, 7) is 0.872. The number of carboxylic acid groups (broad SMARTS) is 1. The van der Waals surface area contributed by atoms with Crippen LogP contribution in [0, 0.1) is 5.92 Å². The molecule has 6 heteroatoms. The molecule has 0 aromatic heterocycles. The molecule has 0 aliphatic carbocycles. The van der Waals surface area contributed by atoms with E-state index >= 15 is 0 Å². The third-order valence-electron chi connectivity index (χ3n) is 2.46. The minimum absolute atomic E-state index is 0.0916. The quantitative estimate of drug-likeness (QED) is 0.534. The normalized spacial score (nSPS) is 19.2. The Hall–Kier alpha value is -1.59. The van der Waals surface area contributed by atoms with Gasteiger partial charge in [-0.15, -0.1) is 0 Å². The number of rotatable bonds is 6. The van der Waals surface area contributed by atoms with Crippen molar-refractivity contribution in [1.29, 1.82) is 0 Å². The molecule has 1 fully saturated rings. The van der Waals surface area contributed by atoms with Gasteiger partial charge in [0.05, 0.1) is 5.92 Å². The molecular formula is C10H16N2O4. The molecule has 0 spiro atoms. The van der Waals surface area contributed by atoms with Gasteiger partial charge in [-0.2, -0.15) is 0 Å². The minimum Gasteiger partial charge on any atom is -0.481 e. The SMILES string of the molecule is O=C(O)CCCCNC(=O)C1CNC(=O)C1. The van der Waals surface area contributed by atoms with Crippen LogP contribution in [0.5, 0.6) is 0 Å². The van der Waals surface area contributed by atoms with Crippen molar-refractivity contribution >= 4 is 17.8 Å². The maximum atomic E-state index is 11.5. The number of aliphatic carboxylic acids is 1. The van der Waals surface area contributed by atoms with Gasteiger partial charge in [-0.25, -0.2) is 0 Å². The molecule has 1 saturated heterocycles. The van der Waals surface area contributed by atoms with E-state index in [9.17, 15) is 14.4 Å². The summed E-state index contributed by atoms with van der Waals surface area (Å²) in [7, 11) is 0. The van der Waals surface area contributed by atoms with Gasteiger partial charge in [-0.1, -0.05) is 0 Å². The number of unbranched alkanes of at least 4 members (excludes halogenated alkanes) is 1. The zero-order chi connectivity index (χ0) is 12.0. The highest BCUT2D eigenvalue weighted by Crippen LogP contribution is 2.08. The average molecular weight is 228 g/mol. The van der Waals surface area contributed by atoms with Crippen LogP contribution in [0.1, 0.15) is 25.7 Å². The first-order valence-electron chi connectivity index (χ1n) is 5.36. The van der Waals surface area contributed by atoms with Crippen LogP contribution < -0.4 is 10.6 Å². The van der Waals surface area contributed by atoms with E-state index in [0.717, 1.165) is 0 Å². The second-order valence-corrected chi connectivity index (χ2v) is 3.85. The van der Waals surface area contributed by atoms with E-state index in [1.165, 1.54) is 0 Å². The summed E-state index contributed by atoms with van der Waals surface area (Å²) in [6.07, 6.45) is 1.57.